The number of aromatic amines is 1. The molecule has 134 valence electrons. The fourth-order valence-electron chi connectivity index (χ4n) is 3.67. The van der Waals surface area contributed by atoms with Crippen LogP contribution in [0.25, 0.3) is 21.6 Å². The molecule has 2 aliphatic rings. The quantitative estimate of drug-likeness (QED) is 0.745. The Bertz CT molecular complexity index is 1000. The van der Waals surface area contributed by atoms with Gasteiger partial charge in [-0.25, -0.2) is 15.0 Å². The summed E-state index contributed by atoms with van der Waals surface area (Å²) >= 11 is 1.65. The first-order chi connectivity index (χ1) is 12.8. The van der Waals surface area contributed by atoms with Gasteiger partial charge >= 0.3 is 0 Å². The number of aryl methyl sites for hydroxylation is 2. The molecule has 5 rings (SSSR count). The minimum Gasteiger partial charge on any atom is -0.378 e. The zero-order valence-electron chi connectivity index (χ0n) is 14.3. The van der Waals surface area contributed by atoms with Gasteiger partial charge in [0, 0.05) is 30.4 Å². The van der Waals surface area contributed by atoms with E-state index in [1.165, 1.54) is 16.9 Å². The molecule has 0 saturated carbocycles. The normalized spacial score (nSPS) is 17.5. The highest BCUT2D eigenvalue weighted by molar-refractivity contribution is 7.18. The third-order valence-corrected chi connectivity index (χ3v) is 6.22. The number of rotatable bonds is 2. The predicted octanol–water partition coefficient (Wildman–Crippen LogP) is 2.16. The van der Waals surface area contributed by atoms with Gasteiger partial charge in [0.2, 0.25) is 5.95 Å². The van der Waals surface area contributed by atoms with Crippen LogP contribution in [0.1, 0.15) is 23.3 Å². The second-order valence-electron chi connectivity index (χ2n) is 6.68. The minimum absolute atomic E-state index is 0.0540. The number of fused-ring (bicyclic) bond motifs is 3. The monoisotopic (exact) mass is 369 g/mol. The molecule has 1 aliphatic carbocycles. The molecule has 0 radical (unpaired) electrons. The van der Waals surface area contributed by atoms with Gasteiger partial charge in [0.25, 0.3) is 5.56 Å². The van der Waals surface area contributed by atoms with Crippen molar-refractivity contribution in [2.75, 3.05) is 31.2 Å². The van der Waals surface area contributed by atoms with E-state index in [0.717, 1.165) is 48.1 Å². The number of hydrogen-bond acceptors (Lipinski definition) is 7. The number of morpholine rings is 1. The van der Waals surface area contributed by atoms with Crippen molar-refractivity contribution in [3.8, 4) is 11.4 Å². The average molecular weight is 369 g/mol. The van der Waals surface area contributed by atoms with Crippen molar-refractivity contribution in [3.63, 3.8) is 0 Å². The molecule has 1 aliphatic heterocycles. The summed E-state index contributed by atoms with van der Waals surface area (Å²) in [4.78, 5) is 33.5. The standard InChI is InChI=1S/C18H19N5O2S/c24-16-14-12-3-1-2-4-13(12)26-17(14)22-15(21-16)11-9-19-18(20-10-11)23-5-7-25-8-6-23/h9-10H,1-8H2,(H,21,22,24). The third-order valence-electron chi connectivity index (χ3n) is 5.03. The van der Waals surface area contributed by atoms with Gasteiger partial charge in [-0.3, -0.25) is 4.79 Å². The lowest BCUT2D eigenvalue weighted by molar-refractivity contribution is 0.122. The van der Waals surface area contributed by atoms with Crippen LogP contribution in [0.2, 0.25) is 0 Å². The molecule has 3 aromatic rings. The fourth-order valence-corrected chi connectivity index (χ4v) is 4.93. The summed E-state index contributed by atoms with van der Waals surface area (Å²) in [6.45, 7) is 2.97. The molecule has 1 fully saturated rings. The smallest absolute Gasteiger partial charge is 0.260 e. The van der Waals surface area contributed by atoms with Crippen molar-refractivity contribution in [3.05, 3.63) is 33.2 Å². The number of nitrogens with zero attached hydrogens (tertiary/aromatic N) is 4. The molecule has 1 saturated heterocycles. The van der Waals surface area contributed by atoms with E-state index in [9.17, 15) is 4.79 Å². The summed E-state index contributed by atoms with van der Waals surface area (Å²) < 4.78 is 5.36. The van der Waals surface area contributed by atoms with Crippen LogP contribution in [0.3, 0.4) is 0 Å². The van der Waals surface area contributed by atoms with E-state index in [1.54, 1.807) is 23.7 Å². The lowest BCUT2D eigenvalue weighted by Gasteiger charge is -2.26. The molecule has 0 amide bonds. The summed E-state index contributed by atoms with van der Waals surface area (Å²) in [6, 6.07) is 0. The summed E-state index contributed by atoms with van der Waals surface area (Å²) in [5.41, 5.74) is 1.88. The first-order valence-electron chi connectivity index (χ1n) is 8.99. The Kier molecular flexibility index (Phi) is 3.94. The second-order valence-corrected chi connectivity index (χ2v) is 7.76. The Morgan fingerprint density at radius 1 is 1.12 bits per heavy atom. The van der Waals surface area contributed by atoms with Crippen LogP contribution >= 0.6 is 11.3 Å². The summed E-state index contributed by atoms with van der Waals surface area (Å²) in [5.74, 6) is 1.22. The van der Waals surface area contributed by atoms with Gasteiger partial charge < -0.3 is 14.6 Å². The van der Waals surface area contributed by atoms with Gasteiger partial charge in [0.1, 0.15) is 10.7 Å². The molecule has 0 bridgehead atoms. The summed E-state index contributed by atoms with van der Waals surface area (Å²) in [5, 5.41) is 0.777. The maximum Gasteiger partial charge on any atom is 0.260 e. The van der Waals surface area contributed by atoms with Gasteiger partial charge in [0.05, 0.1) is 24.2 Å². The maximum atomic E-state index is 12.7. The van der Waals surface area contributed by atoms with E-state index in [4.69, 9.17) is 9.72 Å². The predicted molar refractivity (Wildman–Crippen MR) is 101 cm³/mol. The number of H-pyrrole nitrogens is 1. The molecule has 26 heavy (non-hydrogen) atoms. The molecule has 4 heterocycles. The second kappa shape index (κ2) is 6.44. The van der Waals surface area contributed by atoms with Crippen LogP contribution in [-0.4, -0.2) is 46.2 Å². The number of hydrogen-bond donors (Lipinski definition) is 1. The van der Waals surface area contributed by atoms with E-state index in [1.807, 2.05) is 0 Å². The highest BCUT2D eigenvalue weighted by Crippen LogP contribution is 2.34. The summed E-state index contributed by atoms with van der Waals surface area (Å²) in [7, 11) is 0. The Morgan fingerprint density at radius 2 is 1.88 bits per heavy atom. The molecule has 8 heteroatoms. The number of aromatic nitrogens is 4. The zero-order valence-corrected chi connectivity index (χ0v) is 15.1. The molecule has 0 atom stereocenters. The van der Waals surface area contributed by atoms with Gasteiger partial charge in [-0.05, 0) is 31.2 Å². The molecule has 3 aromatic heterocycles. The lowest BCUT2D eigenvalue weighted by atomic mass is 9.97. The van der Waals surface area contributed by atoms with Crippen molar-refractivity contribution in [2.45, 2.75) is 25.7 Å². The van der Waals surface area contributed by atoms with Crippen LogP contribution in [-0.2, 0) is 17.6 Å². The van der Waals surface area contributed by atoms with Crippen LogP contribution in [0.5, 0.6) is 0 Å². The molecular formula is C18H19N5O2S. The molecular weight excluding hydrogens is 350 g/mol. The average Bonchev–Trinajstić information content (AvgIpc) is 3.08. The molecule has 0 spiro atoms. The van der Waals surface area contributed by atoms with Gasteiger partial charge in [-0.15, -0.1) is 11.3 Å². The Hall–Kier alpha value is -2.32. The van der Waals surface area contributed by atoms with Crippen LogP contribution in [0, 0.1) is 0 Å². The number of ether oxygens (including phenoxy) is 1. The lowest BCUT2D eigenvalue weighted by Crippen LogP contribution is -2.37. The zero-order chi connectivity index (χ0) is 17.5. The van der Waals surface area contributed by atoms with Crippen LogP contribution in [0.15, 0.2) is 17.2 Å². The van der Waals surface area contributed by atoms with Crippen molar-refractivity contribution in [1.82, 2.24) is 19.9 Å². The number of thiophene rings is 1. The van der Waals surface area contributed by atoms with Crippen molar-refractivity contribution in [2.24, 2.45) is 0 Å². The molecule has 0 aromatic carbocycles. The first-order valence-corrected chi connectivity index (χ1v) is 9.81. The van der Waals surface area contributed by atoms with Crippen molar-refractivity contribution >= 4 is 27.5 Å². The third kappa shape index (κ3) is 2.69. The van der Waals surface area contributed by atoms with Gasteiger partial charge in [-0.2, -0.15) is 0 Å². The fraction of sp³-hybridized carbons (Fsp3) is 0.444. The largest absolute Gasteiger partial charge is 0.378 e. The topological polar surface area (TPSA) is 84.0 Å². The SMILES string of the molecule is O=c1[nH]c(-c2cnc(N3CCOCC3)nc2)nc2sc3c(c12)CCCC3. The van der Waals surface area contributed by atoms with Crippen molar-refractivity contribution < 1.29 is 4.74 Å². The molecule has 0 unspecified atom stereocenters. The van der Waals surface area contributed by atoms with E-state index in [0.29, 0.717) is 25.0 Å². The van der Waals surface area contributed by atoms with Crippen LogP contribution in [0.4, 0.5) is 5.95 Å². The molecule has 7 nitrogen and oxygen atoms in total. The number of anilines is 1. The number of nitrogens with one attached hydrogen (secondary N) is 1. The Morgan fingerprint density at radius 3 is 2.69 bits per heavy atom. The summed E-state index contributed by atoms with van der Waals surface area (Å²) in [6.07, 6.45) is 7.85. The maximum absolute atomic E-state index is 12.7. The minimum atomic E-state index is -0.0540. The van der Waals surface area contributed by atoms with Crippen LogP contribution < -0.4 is 10.5 Å². The van der Waals surface area contributed by atoms with E-state index >= 15 is 0 Å². The van der Waals surface area contributed by atoms with E-state index in [-0.39, 0.29) is 5.56 Å². The van der Waals surface area contributed by atoms with E-state index in [2.05, 4.69) is 19.9 Å². The van der Waals surface area contributed by atoms with Gasteiger partial charge in [-0.1, -0.05) is 0 Å². The first kappa shape index (κ1) is 15.9. The Labute approximate surface area is 154 Å². The van der Waals surface area contributed by atoms with Crippen molar-refractivity contribution in [1.29, 1.82) is 0 Å². The van der Waals surface area contributed by atoms with E-state index < -0.39 is 0 Å². The van der Waals surface area contributed by atoms with Gasteiger partial charge in [0.15, 0.2) is 0 Å². The Balaban J connectivity index is 1.51. The molecule has 1 N–H and O–H groups in total. The highest BCUT2D eigenvalue weighted by Gasteiger charge is 2.20. The highest BCUT2D eigenvalue weighted by atomic mass is 32.1.